The van der Waals surface area contributed by atoms with E-state index in [0.29, 0.717) is 18.0 Å². The highest BCUT2D eigenvalue weighted by atomic mass is 16.5. The summed E-state index contributed by atoms with van der Waals surface area (Å²) >= 11 is 0. The third kappa shape index (κ3) is 4.28. The molecule has 1 N–H and O–H groups in total. The highest BCUT2D eigenvalue weighted by Gasteiger charge is 2.21. The van der Waals surface area contributed by atoms with Crippen molar-refractivity contribution in [3.8, 4) is 11.1 Å². The summed E-state index contributed by atoms with van der Waals surface area (Å²) in [5, 5.41) is 8.29. The third-order valence-corrected chi connectivity index (χ3v) is 5.35. The minimum Gasteiger partial charge on any atom is -0.356 e. The van der Waals surface area contributed by atoms with Gasteiger partial charge in [0.1, 0.15) is 5.69 Å². The number of amides is 1. The van der Waals surface area contributed by atoms with Crippen molar-refractivity contribution >= 4 is 28.8 Å². The maximum absolute atomic E-state index is 12.1. The number of nitrogens with zero attached hydrogens (tertiary/aromatic N) is 2. The predicted octanol–water partition coefficient (Wildman–Crippen LogP) is 5.20. The predicted molar refractivity (Wildman–Crippen MR) is 117 cm³/mol. The lowest BCUT2D eigenvalue weighted by Crippen LogP contribution is -2.19. The van der Waals surface area contributed by atoms with Crippen LogP contribution in [0.2, 0.25) is 0 Å². The molecule has 1 fully saturated rings. The first-order chi connectivity index (χ1) is 14.5. The first-order valence-corrected chi connectivity index (χ1v) is 10.5. The van der Waals surface area contributed by atoms with Gasteiger partial charge in [-0.2, -0.15) is 5.10 Å². The van der Waals surface area contributed by atoms with Crippen LogP contribution in [-0.2, 0) is 9.53 Å². The Morgan fingerprint density at radius 2 is 2.07 bits per heavy atom. The van der Waals surface area contributed by atoms with Crippen LogP contribution in [0.25, 0.3) is 22.0 Å². The van der Waals surface area contributed by atoms with Crippen molar-refractivity contribution < 1.29 is 14.3 Å². The number of carbonyl (C=O) groups excluding carboxylic acids is 2. The molecule has 0 radical (unpaired) electrons. The molecule has 156 valence electrons. The Kier molecular flexibility index (Phi) is 5.95. The molecule has 4 rings (SSSR count). The lowest BCUT2D eigenvalue weighted by molar-refractivity contribution is -0.116. The Hall–Kier alpha value is -2.99. The molecule has 0 saturated carbocycles. The highest BCUT2D eigenvalue weighted by Crippen LogP contribution is 2.31. The molecule has 6 heteroatoms. The van der Waals surface area contributed by atoms with Crippen molar-refractivity contribution in [1.82, 2.24) is 9.78 Å². The number of benzene rings is 2. The van der Waals surface area contributed by atoms with E-state index in [1.54, 1.807) is 0 Å². The number of aldehydes is 1. The van der Waals surface area contributed by atoms with E-state index in [2.05, 4.69) is 10.4 Å². The van der Waals surface area contributed by atoms with Gasteiger partial charge in [-0.15, -0.1) is 0 Å². The van der Waals surface area contributed by atoms with Crippen LogP contribution in [0, 0.1) is 5.92 Å². The summed E-state index contributed by atoms with van der Waals surface area (Å²) < 4.78 is 7.71. The number of fused-ring (bicyclic) bond motifs is 1. The summed E-state index contributed by atoms with van der Waals surface area (Å²) in [7, 11) is 0. The topological polar surface area (TPSA) is 73.2 Å². The van der Waals surface area contributed by atoms with Crippen molar-refractivity contribution in [2.75, 3.05) is 11.9 Å². The van der Waals surface area contributed by atoms with Crippen molar-refractivity contribution in [3.05, 3.63) is 48.2 Å². The Balaban J connectivity index is 1.66. The molecule has 1 amide bonds. The number of ether oxygens (including phenoxy) is 1. The molecule has 0 aliphatic carbocycles. The van der Waals surface area contributed by atoms with E-state index < -0.39 is 0 Å². The minimum absolute atomic E-state index is 0.00889. The van der Waals surface area contributed by atoms with E-state index in [0.717, 1.165) is 59.9 Å². The summed E-state index contributed by atoms with van der Waals surface area (Å²) in [6.07, 6.45) is 4.21. The minimum atomic E-state index is -0.125. The average Bonchev–Trinajstić information content (AvgIpc) is 3.12. The lowest BCUT2D eigenvalue weighted by atomic mass is 10.0. The standard InChI is InChI=1S/C24H27N3O3/c1-16(2)12-23(29)25-19-7-5-6-17(13-19)18-9-10-22-20(14-18)21(15-28)26-27(22)24-8-3-4-11-30-24/h5-7,9-10,13-16,24H,3-4,8,11-12H2,1-2H3,(H,25,29). The summed E-state index contributed by atoms with van der Waals surface area (Å²) in [6, 6.07) is 13.8. The van der Waals surface area contributed by atoms with Crippen LogP contribution in [-0.4, -0.2) is 28.6 Å². The highest BCUT2D eigenvalue weighted by molar-refractivity contribution is 5.98. The molecule has 2 aromatic carbocycles. The smallest absolute Gasteiger partial charge is 0.224 e. The Labute approximate surface area is 176 Å². The van der Waals surface area contributed by atoms with Gasteiger partial charge in [-0.05, 0) is 60.6 Å². The molecule has 0 spiro atoms. The largest absolute Gasteiger partial charge is 0.356 e. The number of rotatable bonds is 6. The summed E-state index contributed by atoms with van der Waals surface area (Å²) in [6.45, 7) is 4.76. The quantitative estimate of drug-likeness (QED) is 0.572. The second kappa shape index (κ2) is 8.79. The molecule has 0 bridgehead atoms. The van der Waals surface area contributed by atoms with Crippen LogP contribution < -0.4 is 5.32 Å². The molecular formula is C24H27N3O3. The zero-order valence-corrected chi connectivity index (χ0v) is 17.4. The molecule has 1 aromatic heterocycles. The Morgan fingerprint density at radius 3 is 2.80 bits per heavy atom. The molecule has 1 aliphatic rings. The Morgan fingerprint density at radius 1 is 1.23 bits per heavy atom. The van der Waals surface area contributed by atoms with Crippen LogP contribution in [0.4, 0.5) is 5.69 Å². The molecule has 1 unspecified atom stereocenters. The van der Waals surface area contributed by atoms with E-state index in [1.807, 2.05) is 61.0 Å². The van der Waals surface area contributed by atoms with Crippen molar-refractivity contribution in [1.29, 1.82) is 0 Å². The molecule has 3 aromatic rings. The molecule has 1 saturated heterocycles. The van der Waals surface area contributed by atoms with Crippen LogP contribution in [0.15, 0.2) is 42.5 Å². The van der Waals surface area contributed by atoms with E-state index in [9.17, 15) is 9.59 Å². The molecule has 6 nitrogen and oxygen atoms in total. The zero-order valence-electron chi connectivity index (χ0n) is 17.4. The molecule has 1 aliphatic heterocycles. The van der Waals surface area contributed by atoms with Gasteiger partial charge in [0.25, 0.3) is 0 Å². The second-order valence-electron chi connectivity index (χ2n) is 8.23. The second-order valence-corrected chi connectivity index (χ2v) is 8.23. The van der Waals surface area contributed by atoms with Crippen molar-refractivity contribution in [2.24, 2.45) is 5.92 Å². The van der Waals surface area contributed by atoms with Crippen LogP contribution >= 0.6 is 0 Å². The fourth-order valence-electron chi connectivity index (χ4n) is 3.93. The summed E-state index contributed by atoms with van der Waals surface area (Å²) in [5.41, 5.74) is 4.02. The van der Waals surface area contributed by atoms with Crippen LogP contribution in [0.3, 0.4) is 0 Å². The summed E-state index contributed by atoms with van der Waals surface area (Å²) in [5.74, 6) is 0.316. The maximum Gasteiger partial charge on any atom is 0.224 e. The fraction of sp³-hybridized carbons (Fsp3) is 0.375. The molecular weight excluding hydrogens is 378 g/mol. The summed E-state index contributed by atoms with van der Waals surface area (Å²) in [4.78, 5) is 23.8. The van der Waals surface area contributed by atoms with Crippen molar-refractivity contribution in [2.45, 2.75) is 45.8 Å². The monoisotopic (exact) mass is 405 g/mol. The number of nitrogens with one attached hydrogen (secondary N) is 1. The average molecular weight is 405 g/mol. The van der Waals surface area contributed by atoms with Gasteiger partial charge < -0.3 is 10.1 Å². The molecule has 1 atom stereocenters. The van der Waals surface area contributed by atoms with Gasteiger partial charge in [-0.1, -0.05) is 32.0 Å². The number of carbonyl (C=O) groups is 2. The van der Waals surface area contributed by atoms with Gasteiger partial charge >= 0.3 is 0 Å². The van der Waals surface area contributed by atoms with E-state index >= 15 is 0 Å². The zero-order chi connectivity index (χ0) is 21.1. The van der Waals surface area contributed by atoms with Gasteiger partial charge in [0.15, 0.2) is 12.5 Å². The van der Waals surface area contributed by atoms with E-state index in [-0.39, 0.29) is 12.1 Å². The first-order valence-electron chi connectivity index (χ1n) is 10.5. The number of anilines is 1. The lowest BCUT2D eigenvalue weighted by Gasteiger charge is -2.23. The van der Waals surface area contributed by atoms with Gasteiger partial charge in [0.05, 0.1) is 5.52 Å². The van der Waals surface area contributed by atoms with Crippen molar-refractivity contribution in [3.63, 3.8) is 0 Å². The van der Waals surface area contributed by atoms with Crippen LogP contribution in [0.1, 0.15) is 56.2 Å². The van der Waals surface area contributed by atoms with Crippen LogP contribution in [0.5, 0.6) is 0 Å². The van der Waals surface area contributed by atoms with Gasteiger partial charge in [-0.3, -0.25) is 9.59 Å². The fourth-order valence-corrected chi connectivity index (χ4v) is 3.93. The molecule has 2 heterocycles. The number of aromatic nitrogens is 2. The number of hydrogen-bond donors (Lipinski definition) is 1. The normalized spacial score (nSPS) is 16.7. The maximum atomic E-state index is 12.1. The first kappa shape index (κ1) is 20.3. The van der Waals surface area contributed by atoms with Gasteiger partial charge in [-0.25, -0.2) is 4.68 Å². The Bertz CT molecular complexity index is 1060. The van der Waals surface area contributed by atoms with E-state index in [4.69, 9.17) is 4.74 Å². The molecule has 30 heavy (non-hydrogen) atoms. The SMILES string of the molecule is CC(C)CC(=O)Nc1cccc(-c2ccc3c(c2)c(C=O)nn3C2CCCCO2)c1. The van der Waals surface area contributed by atoms with E-state index in [1.165, 1.54) is 0 Å². The van der Waals surface area contributed by atoms with Gasteiger partial charge in [0.2, 0.25) is 5.91 Å². The van der Waals surface area contributed by atoms with Gasteiger partial charge in [0, 0.05) is 24.1 Å². The third-order valence-electron chi connectivity index (χ3n) is 5.35. The number of hydrogen-bond acceptors (Lipinski definition) is 4.